The molecule has 0 bridgehead atoms. The van der Waals surface area contributed by atoms with Crippen LogP contribution in [0.5, 0.6) is 5.75 Å². The summed E-state index contributed by atoms with van der Waals surface area (Å²) >= 11 is 0. The van der Waals surface area contributed by atoms with E-state index < -0.39 is 0 Å². The second-order valence-electron chi connectivity index (χ2n) is 6.42. The van der Waals surface area contributed by atoms with E-state index in [1.165, 1.54) is 23.3 Å². The average Bonchev–Trinajstić information content (AvgIpc) is 3.07. The number of ether oxygens (including phenoxy) is 1. The van der Waals surface area contributed by atoms with Crippen LogP contribution in [0.3, 0.4) is 0 Å². The van der Waals surface area contributed by atoms with Gasteiger partial charge in [-0.3, -0.25) is 4.90 Å². The van der Waals surface area contributed by atoms with Crippen LogP contribution in [0.2, 0.25) is 0 Å². The predicted octanol–water partition coefficient (Wildman–Crippen LogP) is 3.70. The Bertz CT molecular complexity index is 896. The summed E-state index contributed by atoms with van der Waals surface area (Å²) in [4.78, 5) is 2.27. The lowest BCUT2D eigenvalue weighted by molar-refractivity contribution is 0.120. The van der Waals surface area contributed by atoms with Crippen molar-refractivity contribution in [3.63, 3.8) is 0 Å². The number of benzene rings is 2. The van der Waals surface area contributed by atoms with E-state index in [1.54, 1.807) is 19.1 Å². The van der Waals surface area contributed by atoms with Crippen molar-refractivity contribution in [1.82, 2.24) is 15.1 Å². The fraction of sp³-hybridized carbons (Fsp3) is 0.300. The van der Waals surface area contributed by atoms with Gasteiger partial charge in [0.05, 0.1) is 6.04 Å². The van der Waals surface area contributed by atoms with Crippen LogP contribution in [-0.4, -0.2) is 28.2 Å². The summed E-state index contributed by atoms with van der Waals surface area (Å²) in [5, 5.41) is 8.20. The van der Waals surface area contributed by atoms with Crippen LogP contribution in [-0.2, 0) is 13.0 Å². The third kappa shape index (κ3) is 3.60. The van der Waals surface area contributed by atoms with Crippen molar-refractivity contribution in [2.45, 2.75) is 25.9 Å². The van der Waals surface area contributed by atoms with Crippen molar-refractivity contribution < 1.29 is 13.5 Å². The highest BCUT2D eigenvalue weighted by Gasteiger charge is 2.30. The average molecular weight is 353 g/mol. The molecule has 0 radical (unpaired) electrons. The molecule has 0 saturated carbocycles. The Kier molecular flexibility index (Phi) is 4.67. The Balaban J connectivity index is 1.49. The normalized spacial score (nSPS) is 17.1. The Morgan fingerprint density at radius 2 is 2.00 bits per heavy atom. The van der Waals surface area contributed by atoms with Gasteiger partial charge >= 0.3 is 0 Å². The minimum Gasteiger partial charge on any atom is -0.492 e. The maximum atomic E-state index is 13.3. The van der Waals surface area contributed by atoms with Gasteiger partial charge in [0, 0.05) is 26.1 Å². The third-order valence-electron chi connectivity index (χ3n) is 4.62. The standard InChI is InChI=1S/C20H20FN3O2/c1-14-22-23-20(26-14)19-11-15-5-2-3-6-16(15)13-24(19)9-10-25-18-8-4-7-17(21)12-18/h2-8,12,19H,9-11,13H2,1H3. The van der Waals surface area contributed by atoms with E-state index in [0.717, 1.165) is 13.0 Å². The number of halogens is 1. The first-order valence-corrected chi connectivity index (χ1v) is 8.68. The molecule has 3 aromatic rings. The maximum Gasteiger partial charge on any atom is 0.233 e. The lowest BCUT2D eigenvalue weighted by Gasteiger charge is -2.34. The van der Waals surface area contributed by atoms with Gasteiger partial charge in [0.2, 0.25) is 11.8 Å². The predicted molar refractivity (Wildman–Crippen MR) is 94.2 cm³/mol. The lowest BCUT2D eigenvalue weighted by atomic mass is 9.94. The highest BCUT2D eigenvalue weighted by atomic mass is 19.1. The smallest absolute Gasteiger partial charge is 0.233 e. The summed E-state index contributed by atoms with van der Waals surface area (Å²) in [6.07, 6.45) is 0.817. The van der Waals surface area contributed by atoms with Crippen LogP contribution in [0.4, 0.5) is 4.39 Å². The summed E-state index contributed by atoms with van der Waals surface area (Å²) < 4.78 is 24.7. The first-order valence-electron chi connectivity index (χ1n) is 8.68. The maximum absolute atomic E-state index is 13.3. The largest absolute Gasteiger partial charge is 0.492 e. The number of rotatable bonds is 5. The van der Waals surface area contributed by atoms with E-state index in [0.29, 0.717) is 30.7 Å². The van der Waals surface area contributed by atoms with E-state index in [2.05, 4.69) is 39.4 Å². The molecule has 6 heteroatoms. The van der Waals surface area contributed by atoms with Crippen LogP contribution < -0.4 is 4.74 Å². The minimum absolute atomic E-state index is 0.0159. The molecule has 0 amide bonds. The zero-order valence-electron chi connectivity index (χ0n) is 14.6. The number of aryl methyl sites for hydroxylation is 1. The lowest BCUT2D eigenvalue weighted by Crippen LogP contribution is -2.37. The Hall–Kier alpha value is -2.73. The van der Waals surface area contributed by atoms with Gasteiger partial charge in [-0.25, -0.2) is 4.39 Å². The SMILES string of the molecule is Cc1nnc(C2Cc3ccccc3CN2CCOc2cccc(F)c2)o1. The Labute approximate surface area is 151 Å². The van der Waals surface area contributed by atoms with Crippen LogP contribution in [0.1, 0.15) is 29.0 Å². The van der Waals surface area contributed by atoms with Gasteiger partial charge in [0.1, 0.15) is 18.2 Å². The molecule has 1 aliphatic heterocycles. The molecule has 2 aromatic carbocycles. The number of hydrogen-bond acceptors (Lipinski definition) is 5. The molecule has 5 nitrogen and oxygen atoms in total. The van der Waals surface area contributed by atoms with Crippen LogP contribution in [0, 0.1) is 12.7 Å². The Morgan fingerprint density at radius 3 is 2.77 bits per heavy atom. The van der Waals surface area contributed by atoms with Crippen molar-refractivity contribution in [2.75, 3.05) is 13.2 Å². The topological polar surface area (TPSA) is 51.4 Å². The van der Waals surface area contributed by atoms with Gasteiger partial charge in [-0.1, -0.05) is 30.3 Å². The third-order valence-corrected chi connectivity index (χ3v) is 4.62. The van der Waals surface area contributed by atoms with E-state index >= 15 is 0 Å². The van der Waals surface area contributed by atoms with Crippen molar-refractivity contribution in [1.29, 1.82) is 0 Å². The zero-order valence-corrected chi connectivity index (χ0v) is 14.6. The van der Waals surface area contributed by atoms with E-state index in [-0.39, 0.29) is 11.9 Å². The van der Waals surface area contributed by atoms with Gasteiger partial charge in [-0.05, 0) is 29.7 Å². The van der Waals surface area contributed by atoms with Crippen molar-refractivity contribution in [3.8, 4) is 5.75 Å². The van der Waals surface area contributed by atoms with Crippen molar-refractivity contribution in [2.24, 2.45) is 0 Å². The van der Waals surface area contributed by atoms with Gasteiger partial charge in [0.15, 0.2) is 0 Å². The fourth-order valence-corrected chi connectivity index (χ4v) is 3.34. The van der Waals surface area contributed by atoms with Gasteiger partial charge in [-0.15, -0.1) is 10.2 Å². The first-order chi connectivity index (χ1) is 12.7. The van der Waals surface area contributed by atoms with E-state index in [1.807, 2.05) is 0 Å². The number of hydrogen-bond donors (Lipinski definition) is 0. The van der Waals surface area contributed by atoms with E-state index in [9.17, 15) is 4.39 Å². The minimum atomic E-state index is -0.298. The second kappa shape index (κ2) is 7.25. The molecular weight excluding hydrogens is 333 g/mol. The molecular formula is C20H20FN3O2. The highest BCUT2D eigenvalue weighted by Crippen LogP contribution is 2.32. The molecule has 134 valence electrons. The molecule has 2 heterocycles. The van der Waals surface area contributed by atoms with Crippen molar-refractivity contribution in [3.05, 3.63) is 77.3 Å². The molecule has 0 saturated heterocycles. The summed E-state index contributed by atoms with van der Waals surface area (Å²) in [5.74, 6) is 1.43. The molecule has 0 N–H and O–H groups in total. The number of nitrogens with zero attached hydrogens (tertiary/aromatic N) is 3. The molecule has 1 aliphatic rings. The van der Waals surface area contributed by atoms with Gasteiger partial charge in [-0.2, -0.15) is 0 Å². The molecule has 1 aromatic heterocycles. The molecule has 1 atom stereocenters. The molecule has 4 rings (SSSR count). The van der Waals surface area contributed by atoms with Gasteiger partial charge < -0.3 is 9.15 Å². The van der Waals surface area contributed by atoms with Crippen LogP contribution in [0.15, 0.2) is 52.9 Å². The molecule has 0 aliphatic carbocycles. The Morgan fingerprint density at radius 1 is 1.15 bits per heavy atom. The van der Waals surface area contributed by atoms with Crippen LogP contribution >= 0.6 is 0 Å². The van der Waals surface area contributed by atoms with Gasteiger partial charge in [0.25, 0.3) is 0 Å². The van der Waals surface area contributed by atoms with Crippen LogP contribution in [0.25, 0.3) is 0 Å². The monoisotopic (exact) mass is 353 g/mol. The second-order valence-corrected chi connectivity index (χ2v) is 6.42. The van der Waals surface area contributed by atoms with Crippen molar-refractivity contribution >= 4 is 0 Å². The summed E-state index contributed by atoms with van der Waals surface area (Å²) in [5.41, 5.74) is 2.60. The quantitative estimate of drug-likeness (QED) is 0.700. The molecule has 26 heavy (non-hydrogen) atoms. The molecule has 0 spiro atoms. The zero-order chi connectivity index (χ0) is 17.9. The number of aromatic nitrogens is 2. The van der Waals surface area contributed by atoms with E-state index in [4.69, 9.17) is 9.15 Å². The first kappa shape index (κ1) is 16.7. The highest BCUT2D eigenvalue weighted by molar-refractivity contribution is 5.31. The summed E-state index contributed by atoms with van der Waals surface area (Å²) in [6, 6.07) is 14.6. The molecule has 0 fully saturated rings. The summed E-state index contributed by atoms with van der Waals surface area (Å²) in [7, 11) is 0. The number of fused-ring (bicyclic) bond motifs is 1. The fourth-order valence-electron chi connectivity index (χ4n) is 3.34. The summed E-state index contributed by atoms with van der Waals surface area (Å²) in [6.45, 7) is 3.71. The molecule has 1 unspecified atom stereocenters.